The van der Waals surface area contributed by atoms with Gasteiger partial charge in [0.05, 0.1) is 24.8 Å². The van der Waals surface area contributed by atoms with Crippen LogP contribution in [0.2, 0.25) is 0 Å². The molecule has 3 N–H and O–H groups in total. The molecule has 2 heterocycles. The molecule has 1 unspecified atom stereocenters. The molecule has 1 aromatic carbocycles. The number of benzene rings is 1. The third-order valence-corrected chi connectivity index (χ3v) is 11.1. The predicted octanol–water partition coefficient (Wildman–Crippen LogP) is 2.91. The number of pyridine rings is 1. The number of hydrogen-bond donors (Lipinski definition) is 3. The van der Waals surface area contributed by atoms with Crippen molar-refractivity contribution in [2.24, 2.45) is 5.92 Å². The third-order valence-electron chi connectivity index (χ3n) is 9.29. The number of hydrogen-bond acceptors (Lipinski definition) is 11. The molecule has 0 bridgehead atoms. The van der Waals surface area contributed by atoms with Crippen molar-refractivity contribution in [3.63, 3.8) is 0 Å². The average Bonchev–Trinajstić information content (AvgIpc) is 3.73. The summed E-state index contributed by atoms with van der Waals surface area (Å²) in [6.07, 6.45) is 4.32. The highest BCUT2D eigenvalue weighted by Crippen LogP contribution is 2.32. The summed E-state index contributed by atoms with van der Waals surface area (Å²) in [6, 6.07) is 4.48. The van der Waals surface area contributed by atoms with Crippen LogP contribution in [0.15, 0.2) is 42.6 Å². The van der Waals surface area contributed by atoms with E-state index in [1.165, 1.54) is 17.9 Å². The zero-order valence-corrected chi connectivity index (χ0v) is 31.1. The van der Waals surface area contributed by atoms with Crippen molar-refractivity contribution in [3.05, 3.63) is 42.6 Å². The van der Waals surface area contributed by atoms with Gasteiger partial charge in [-0.15, -0.1) is 0 Å². The fraction of sp³-hybridized carbons (Fsp3) is 0.556. The Balaban J connectivity index is 1.46. The standard InChI is InChI=1S/C36H47N5O10S/c1-7-16-36(5,33(45)40-52(47,48)24-12-13-24)39-30(43)27-19-23(50-31-25-14-11-22(49-6)18-21(25)15-17-37-31)20-41(27)32(44)29(26-9-8-10-28(26)42)38-34(46)51-35(2,3)4/h8,10-11,14-15,17-18,23-24,26-27,29H,7,9,12-13,16,19-20H2,1-6H3,(H,38,46)(H,39,43)(H,40,45)/t23-,26?,27+,29+,36-/m1/s1. The molecule has 1 saturated heterocycles. The quantitative estimate of drug-likeness (QED) is 0.273. The van der Waals surface area contributed by atoms with Crippen LogP contribution in [0.25, 0.3) is 10.8 Å². The second-order valence-corrected chi connectivity index (χ2v) is 16.7. The van der Waals surface area contributed by atoms with Gasteiger partial charge in [-0.25, -0.2) is 18.2 Å². The molecule has 16 heteroatoms. The Hall–Kier alpha value is -4.73. The van der Waals surface area contributed by atoms with Crippen LogP contribution < -0.4 is 24.8 Å². The van der Waals surface area contributed by atoms with E-state index in [1.807, 2.05) is 6.07 Å². The van der Waals surface area contributed by atoms with Gasteiger partial charge in [-0.2, -0.15) is 0 Å². The summed E-state index contributed by atoms with van der Waals surface area (Å²) >= 11 is 0. The second-order valence-electron chi connectivity index (χ2n) is 14.7. The first-order chi connectivity index (χ1) is 24.4. The second kappa shape index (κ2) is 15.1. The molecule has 282 valence electrons. The molecular formula is C36H47N5O10S. The number of ketones is 1. The van der Waals surface area contributed by atoms with Gasteiger partial charge in [0.25, 0.3) is 5.91 Å². The fourth-order valence-electron chi connectivity index (χ4n) is 6.49. The number of sulfonamides is 1. The van der Waals surface area contributed by atoms with E-state index in [4.69, 9.17) is 14.2 Å². The van der Waals surface area contributed by atoms with Gasteiger partial charge in [-0.3, -0.25) is 23.9 Å². The lowest BCUT2D eigenvalue weighted by atomic mass is 9.93. The largest absolute Gasteiger partial charge is 0.497 e. The number of allylic oxidation sites excluding steroid dienone is 2. The number of carbonyl (C=O) groups is 5. The van der Waals surface area contributed by atoms with Crippen LogP contribution in [-0.2, 0) is 33.9 Å². The predicted molar refractivity (Wildman–Crippen MR) is 190 cm³/mol. The van der Waals surface area contributed by atoms with Crippen molar-refractivity contribution in [1.82, 2.24) is 25.2 Å². The van der Waals surface area contributed by atoms with Gasteiger partial charge < -0.3 is 29.7 Å². The number of likely N-dealkylation sites (tertiary alicyclic amines) is 1. The Labute approximate surface area is 303 Å². The molecule has 5 atom stereocenters. The van der Waals surface area contributed by atoms with Gasteiger partial charge in [-0.05, 0) is 89.1 Å². The molecule has 1 aromatic heterocycles. The van der Waals surface area contributed by atoms with Gasteiger partial charge in [-0.1, -0.05) is 19.4 Å². The fourth-order valence-corrected chi connectivity index (χ4v) is 7.90. The number of ether oxygens (including phenoxy) is 3. The lowest BCUT2D eigenvalue weighted by Gasteiger charge is -2.34. The molecule has 2 fully saturated rings. The highest BCUT2D eigenvalue weighted by molar-refractivity contribution is 7.91. The number of fused-ring (bicyclic) bond motifs is 1. The maximum Gasteiger partial charge on any atom is 0.408 e. The summed E-state index contributed by atoms with van der Waals surface area (Å²) in [5.74, 6) is -2.81. The van der Waals surface area contributed by atoms with E-state index in [0.29, 0.717) is 30.4 Å². The van der Waals surface area contributed by atoms with E-state index in [9.17, 15) is 32.4 Å². The number of amides is 4. The van der Waals surface area contributed by atoms with E-state index in [1.54, 1.807) is 65.3 Å². The normalized spacial score (nSPS) is 22.0. The molecule has 1 saturated carbocycles. The van der Waals surface area contributed by atoms with Crippen molar-refractivity contribution in [2.75, 3.05) is 13.7 Å². The summed E-state index contributed by atoms with van der Waals surface area (Å²) in [7, 11) is -2.37. The Bertz CT molecular complexity index is 1870. The van der Waals surface area contributed by atoms with Crippen LogP contribution in [0.3, 0.4) is 0 Å². The summed E-state index contributed by atoms with van der Waals surface area (Å²) < 4.78 is 44.6. The van der Waals surface area contributed by atoms with Crippen LogP contribution in [0.5, 0.6) is 11.6 Å². The minimum absolute atomic E-state index is 0.0496. The van der Waals surface area contributed by atoms with Gasteiger partial charge in [0, 0.05) is 18.0 Å². The van der Waals surface area contributed by atoms with Gasteiger partial charge in [0.2, 0.25) is 27.7 Å². The Morgan fingerprint density at radius 3 is 2.44 bits per heavy atom. The van der Waals surface area contributed by atoms with Crippen LogP contribution >= 0.6 is 0 Å². The van der Waals surface area contributed by atoms with Crippen LogP contribution in [0.1, 0.15) is 73.1 Å². The number of alkyl carbamates (subject to hydrolysis) is 1. The number of nitrogens with one attached hydrogen (secondary N) is 3. The smallest absolute Gasteiger partial charge is 0.408 e. The van der Waals surface area contributed by atoms with Crippen molar-refractivity contribution in [3.8, 4) is 11.6 Å². The monoisotopic (exact) mass is 741 g/mol. The molecule has 2 aromatic rings. The van der Waals surface area contributed by atoms with Crippen LogP contribution in [0.4, 0.5) is 4.79 Å². The van der Waals surface area contributed by atoms with Crippen molar-refractivity contribution < 1.29 is 46.6 Å². The lowest BCUT2D eigenvalue weighted by Crippen LogP contribution is -2.62. The molecule has 2 aliphatic carbocycles. The first kappa shape index (κ1) is 38.5. The van der Waals surface area contributed by atoms with E-state index >= 15 is 0 Å². The molecule has 4 amide bonds. The van der Waals surface area contributed by atoms with Gasteiger partial charge in [0.15, 0.2) is 5.78 Å². The minimum Gasteiger partial charge on any atom is -0.497 e. The highest BCUT2D eigenvalue weighted by Gasteiger charge is 2.49. The third kappa shape index (κ3) is 8.82. The molecule has 5 rings (SSSR count). The first-order valence-corrected chi connectivity index (χ1v) is 19.0. The maximum absolute atomic E-state index is 14.5. The molecular weight excluding hydrogens is 694 g/mol. The first-order valence-electron chi connectivity index (χ1n) is 17.4. The van der Waals surface area contributed by atoms with E-state index in [0.717, 1.165) is 5.39 Å². The summed E-state index contributed by atoms with van der Waals surface area (Å²) in [5.41, 5.74) is -2.56. The lowest BCUT2D eigenvalue weighted by molar-refractivity contribution is -0.143. The molecule has 3 aliphatic rings. The number of methoxy groups -OCH3 is 1. The Kier molecular flexibility index (Phi) is 11.2. The maximum atomic E-state index is 14.5. The topological polar surface area (TPSA) is 199 Å². The van der Waals surface area contributed by atoms with Crippen molar-refractivity contribution >= 4 is 50.4 Å². The number of aromatic nitrogens is 1. The summed E-state index contributed by atoms with van der Waals surface area (Å²) in [6.45, 7) is 8.06. The molecule has 52 heavy (non-hydrogen) atoms. The van der Waals surface area contributed by atoms with Gasteiger partial charge >= 0.3 is 6.09 Å². The Morgan fingerprint density at radius 1 is 1.10 bits per heavy atom. The minimum atomic E-state index is -3.92. The molecule has 1 aliphatic heterocycles. The SMILES string of the molecule is CCC[C@@](C)(NC(=O)[C@@H]1C[C@@H](Oc2nccc3cc(OC)ccc23)CN1C(=O)[C@@H](NC(=O)OC(C)(C)C)C1CC=CC1=O)C(=O)NS(=O)(=O)C1CC1. The highest BCUT2D eigenvalue weighted by atomic mass is 32.2. The van der Waals surface area contributed by atoms with Crippen molar-refractivity contribution in [2.45, 2.75) is 108 Å². The number of carbonyl (C=O) groups excluding carboxylic acids is 5. The Morgan fingerprint density at radius 2 is 1.83 bits per heavy atom. The molecule has 0 spiro atoms. The van der Waals surface area contributed by atoms with E-state index < -0.39 is 74.3 Å². The molecule has 15 nitrogen and oxygen atoms in total. The molecule has 0 radical (unpaired) electrons. The van der Waals surface area contributed by atoms with E-state index in [2.05, 4.69) is 20.3 Å². The average molecular weight is 742 g/mol. The van der Waals surface area contributed by atoms with E-state index in [-0.39, 0.29) is 37.5 Å². The number of rotatable bonds is 13. The van der Waals surface area contributed by atoms with Crippen LogP contribution in [0, 0.1) is 5.92 Å². The zero-order valence-electron chi connectivity index (χ0n) is 30.3. The summed E-state index contributed by atoms with van der Waals surface area (Å²) in [4.78, 5) is 73.8. The zero-order chi connectivity index (χ0) is 38.0. The number of nitrogens with zero attached hydrogens (tertiary/aromatic N) is 2. The van der Waals surface area contributed by atoms with Crippen molar-refractivity contribution in [1.29, 1.82) is 0 Å². The van der Waals surface area contributed by atoms with Crippen LogP contribution in [-0.4, -0.2) is 96.1 Å². The summed E-state index contributed by atoms with van der Waals surface area (Å²) in [5, 5.41) is 6.08. The van der Waals surface area contributed by atoms with Gasteiger partial charge in [0.1, 0.15) is 35.1 Å².